The fraction of sp³-hybridized carbons (Fsp3) is 1.00. The molecule has 0 rings (SSSR count). The summed E-state index contributed by atoms with van der Waals surface area (Å²) in [5.74, 6) is 0. The molecule has 0 aromatic rings. The molecule has 0 aliphatic heterocycles. The van der Waals surface area contributed by atoms with E-state index in [1.807, 2.05) is 0 Å². The van der Waals surface area contributed by atoms with Crippen molar-refractivity contribution in [3.05, 3.63) is 0 Å². The third-order valence-corrected chi connectivity index (χ3v) is 2.87. The van der Waals surface area contributed by atoms with E-state index in [-0.39, 0.29) is 17.6 Å². The van der Waals surface area contributed by atoms with Gasteiger partial charge < -0.3 is 5.32 Å². The molecule has 3 heteroatoms. The van der Waals surface area contributed by atoms with Crippen molar-refractivity contribution in [2.45, 2.75) is 26.2 Å². The highest BCUT2D eigenvalue weighted by molar-refractivity contribution is 6.57. The van der Waals surface area contributed by atoms with E-state index >= 15 is 0 Å². The first-order valence-corrected chi connectivity index (χ1v) is 8.83. The summed E-state index contributed by atoms with van der Waals surface area (Å²) in [6.07, 6.45) is 2.56. The molecule has 0 spiro atoms. The van der Waals surface area contributed by atoms with Crippen LogP contribution in [0, 0.1) is 0 Å². The quantitative estimate of drug-likeness (QED) is 0.607. The molecule has 0 atom stereocenters. The van der Waals surface area contributed by atoms with E-state index in [1.54, 1.807) is 0 Å². The van der Waals surface area contributed by atoms with Crippen molar-refractivity contribution in [3.63, 3.8) is 0 Å². The van der Waals surface area contributed by atoms with Gasteiger partial charge in [-0.05, 0) is 12.3 Å². The van der Waals surface area contributed by atoms with Gasteiger partial charge in [0.2, 0.25) is 0 Å². The predicted molar refractivity (Wildman–Crippen MR) is 47.8 cm³/mol. The lowest BCUT2D eigenvalue weighted by atomic mass is 11.2. The minimum atomic E-state index is -0.0251. The van der Waals surface area contributed by atoms with Crippen LogP contribution in [0.1, 0.15) is 0 Å². The van der Waals surface area contributed by atoms with Crippen molar-refractivity contribution < 1.29 is 0 Å². The van der Waals surface area contributed by atoms with Crippen LogP contribution in [0.3, 0.4) is 0 Å². The molecule has 0 bridgehead atoms. The first-order valence-electron chi connectivity index (χ1n) is 3.41. The lowest BCUT2D eigenvalue weighted by Crippen LogP contribution is -2.32. The van der Waals surface area contributed by atoms with E-state index in [1.165, 1.54) is 12.3 Å². The Kier molecular flexibility index (Phi) is 5.43. The van der Waals surface area contributed by atoms with Crippen molar-refractivity contribution >= 4 is 17.6 Å². The fourth-order valence-corrected chi connectivity index (χ4v) is 2.06. The van der Waals surface area contributed by atoms with Crippen molar-refractivity contribution in [1.82, 2.24) is 5.32 Å². The molecule has 0 amide bonds. The molecule has 1 nitrogen and oxygen atoms in total. The second-order valence-corrected chi connectivity index (χ2v) is 8.55. The van der Waals surface area contributed by atoms with Gasteiger partial charge in [-0.25, -0.2) is 0 Å². The van der Waals surface area contributed by atoms with E-state index in [0.29, 0.717) is 0 Å². The normalized spacial score (nSPS) is 11.3. The first kappa shape index (κ1) is 9.39. The van der Waals surface area contributed by atoms with Gasteiger partial charge in [0.25, 0.3) is 0 Å². The minimum Gasteiger partial charge on any atom is -0.323 e. The van der Waals surface area contributed by atoms with E-state index in [4.69, 9.17) is 0 Å². The third-order valence-electron chi connectivity index (χ3n) is 0.957. The average molecular weight is 159 g/mol. The SMILES string of the molecule is C[Si](C)CNC[Si](C)C. The van der Waals surface area contributed by atoms with Crippen molar-refractivity contribution in [2.24, 2.45) is 0 Å². The van der Waals surface area contributed by atoms with Gasteiger partial charge in [-0.15, -0.1) is 0 Å². The summed E-state index contributed by atoms with van der Waals surface area (Å²) >= 11 is 0. The maximum Gasteiger partial charge on any atom is 0.0581 e. The molecule has 1 N–H and O–H groups in total. The largest absolute Gasteiger partial charge is 0.323 e. The summed E-state index contributed by atoms with van der Waals surface area (Å²) in [5.41, 5.74) is 0. The molecule has 0 unspecified atom stereocenters. The summed E-state index contributed by atoms with van der Waals surface area (Å²) in [5, 5.41) is 3.47. The number of rotatable bonds is 4. The molecule has 0 fully saturated rings. The summed E-state index contributed by atoms with van der Waals surface area (Å²) < 4.78 is 0. The molecule has 0 saturated heterocycles. The van der Waals surface area contributed by atoms with Crippen LogP contribution in [-0.2, 0) is 0 Å². The molecule has 9 heavy (non-hydrogen) atoms. The Hall–Kier alpha value is 0.394. The molecule has 0 aliphatic rings. The topological polar surface area (TPSA) is 12.0 Å². The van der Waals surface area contributed by atoms with Gasteiger partial charge in [-0.2, -0.15) is 0 Å². The van der Waals surface area contributed by atoms with Crippen LogP contribution in [0.2, 0.25) is 26.2 Å². The Labute approximate surface area is 62.1 Å². The Morgan fingerprint density at radius 1 is 0.889 bits per heavy atom. The van der Waals surface area contributed by atoms with Crippen molar-refractivity contribution in [1.29, 1.82) is 0 Å². The maximum atomic E-state index is 3.47. The average Bonchev–Trinajstić information content (AvgIpc) is 1.63. The molecule has 0 aliphatic carbocycles. The zero-order valence-electron chi connectivity index (χ0n) is 6.91. The zero-order chi connectivity index (χ0) is 7.28. The minimum absolute atomic E-state index is 0.0251. The number of hydrogen-bond donors (Lipinski definition) is 1. The summed E-state index contributed by atoms with van der Waals surface area (Å²) in [7, 11) is -0.0502. The van der Waals surface area contributed by atoms with Crippen LogP contribution < -0.4 is 5.32 Å². The zero-order valence-corrected chi connectivity index (χ0v) is 8.91. The number of nitrogens with one attached hydrogen (secondary N) is 1. The van der Waals surface area contributed by atoms with E-state index in [2.05, 4.69) is 31.5 Å². The lowest BCUT2D eigenvalue weighted by Gasteiger charge is -2.06. The Morgan fingerprint density at radius 3 is 1.44 bits per heavy atom. The van der Waals surface area contributed by atoms with Crippen LogP contribution in [0.25, 0.3) is 0 Å². The van der Waals surface area contributed by atoms with Crippen LogP contribution >= 0.6 is 0 Å². The smallest absolute Gasteiger partial charge is 0.0581 e. The Morgan fingerprint density at radius 2 is 1.22 bits per heavy atom. The molecule has 0 heterocycles. The second kappa shape index (κ2) is 5.20. The Bertz CT molecular complexity index is 56.1. The van der Waals surface area contributed by atoms with Gasteiger partial charge in [0.05, 0.1) is 17.6 Å². The maximum absolute atomic E-state index is 3.47. The highest BCUT2D eigenvalue weighted by Crippen LogP contribution is 1.77. The lowest BCUT2D eigenvalue weighted by molar-refractivity contribution is 0.907. The molecular weight excluding hydrogens is 142 g/mol. The number of hydrogen-bond acceptors (Lipinski definition) is 1. The highest BCUT2D eigenvalue weighted by Gasteiger charge is 1.96. The van der Waals surface area contributed by atoms with Gasteiger partial charge in [0.15, 0.2) is 0 Å². The second-order valence-electron chi connectivity index (χ2n) is 3.02. The Balaban J connectivity index is 2.91. The predicted octanol–water partition coefficient (Wildman–Crippen LogP) is 1.16. The summed E-state index contributed by atoms with van der Waals surface area (Å²) in [6.45, 7) is 9.37. The summed E-state index contributed by atoms with van der Waals surface area (Å²) in [6, 6.07) is 0. The monoisotopic (exact) mass is 159 g/mol. The molecular formula is C6H17NSi2. The van der Waals surface area contributed by atoms with Gasteiger partial charge in [-0.1, -0.05) is 26.2 Å². The van der Waals surface area contributed by atoms with Crippen LogP contribution in [0.4, 0.5) is 0 Å². The van der Waals surface area contributed by atoms with E-state index < -0.39 is 0 Å². The van der Waals surface area contributed by atoms with Gasteiger partial charge >= 0.3 is 0 Å². The molecule has 0 aromatic carbocycles. The standard InChI is InChI=1S/C6H17NSi2/c1-8(2)5-7-6-9(3)4/h7H,5-6H2,1-4H3. The third kappa shape index (κ3) is 8.39. The molecule has 2 radical (unpaired) electrons. The molecule has 0 saturated carbocycles. The highest BCUT2D eigenvalue weighted by atomic mass is 28.3. The van der Waals surface area contributed by atoms with Gasteiger partial charge in [0, 0.05) is 0 Å². The van der Waals surface area contributed by atoms with Crippen LogP contribution in [0.5, 0.6) is 0 Å². The van der Waals surface area contributed by atoms with Gasteiger partial charge in [0.1, 0.15) is 0 Å². The van der Waals surface area contributed by atoms with Gasteiger partial charge in [-0.3, -0.25) is 0 Å². The van der Waals surface area contributed by atoms with Crippen molar-refractivity contribution in [2.75, 3.05) is 12.3 Å². The van der Waals surface area contributed by atoms with Crippen molar-refractivity contribution in [3.8, 4) is 0 Å². The molecule has 0 aromatic heterocycles. The summed E-state index contributed by atoms with van der Waals surface area (Å²) in [4.78, 5) is 0. The van der Waals surface area contributed by atoms with E-state index in [9.17, 15) is 0 Å². The first-order chi connectivity index (χ1) is 4.13. The molecule has 54 valence electrons. The fourth-order valence-electron chi connectivity index (χ4n) is 0.562. The van der Waals surface area contributed by atoms with E-state index in [0.717, 1.165) is 0 Å². The van der Waals surface area contributed by atoms with Crippen LogP contribution in [-0.4, -0.2) is 29.9 Å². The van der Waals surface area contributed by atoms with Crippen LogP contribution in [0.15, 0.2) is 0 Å².